The van der Waals surface area contributed by atoms with E-state index in [9.17, 15) is 0 Å². The molecule has 1 aliphatic rings. The minimum Gasteiger partial charge on any atom is -0.0804 e. The van der Waals surface area contributed by atoms with Crippen LogP contribution >= 0.6 is 0 Å². The van der Waals surface area contributed by atoms with Crippen LogP contribution in [0.15, 0.2) is 72.8 Å². The van der Waals surface area contributed by atoms with E-state index in [4.69, 9.17) is 0 Å². The Morgan fingerprint density at radius 3 is 1.30 bits per heavy atom. The topological polar surface area (TPSA) is 0 Å². The van der Waals surface area contributed by atoms with Gasteiger partial charge in [-0.25, -0.2) is 0 Å². The Morgan fingerprint density at radius 1 is 0.500 bits per heavy atom. The first-order valence-electron chi connectivity index (χ1n) is 7.42. The number of rotatable bonds is 2. The lowest BCUT2D eigenvalue weighted by atomic mass is 9.92. The molecule has 0 spiro atoms. The van der Waals surface area contributed by atoms with Gasteiger partial charge < -0.3 is 0 Å². The maximum absolute atomic E-state index is 2.42. The van der Waals surface area contributed by atoms with Crippen LogP contribution in [0.4, 0.5) is 0 Å². The zero-order valence-electron chi connectivity index (χ0n) is 11.8. The molecular weight excluding hydrogens is 240 g/mol. The molecule has 3 rings (SSSR count). The molecule has 1 aliphatic carbocycles. The lowest BCUT2D eigenvalue weighted by Gasteiger charge is -2.13. The van der Waals surface area contributed by atoms with Crippen LogP contribution in [0.25, 0.3) is 11.1 Å². The first-order valence-corrected chi connectivity index (χ1v) is 7.42. The minimum atomic E-state index is 1.13. The molecule has 2 aromatic rings. The fraction of sp³-hybridized carbons (Fsp3) is 0.200. The van der Waals surface area contributed by atoms with Crippen LogP contribution in [0.3, 0.4) is 0 Å². The van der Waals surface area contributed by atoms with Gasteiger partial charge in [-0.3, -0.25) is 0 Å². The first-order chi connectivity index (χ1) is 9.93. The Labute approximate surface area is 121 Å². The van der Waals surface area contributed by atoms with Crippen molar-refractivity contribution < 1.29 is 0 Å². The molecule has 0 unspecified atom stereocenters. The van der Waals surface area contributed by atoms with E-state index >= 15 is 0 Å². The highest BCUT2D eigenvalue weighted by molar-refractivity contribution is 5.70. The van der Waals surface area contributed by atoms with Crippen molar-refractivity contribution >= 4 is 11.1 Å². The molecule has 20 heavy (non-hydrogen) atoms. The summed E-state index contributed by atoms with van der Waals surface area (Å²) in [4.78, 5) is 0. The van der Waals surface area contributed by atoms with Gasteiger partial charge in [0.25, 0.3) is 0 Å². The molecule has 2 aromatic carbocycles. The monoisotopic (exact) mass is 260 g/mol. The number of allylic oxidation sites excluding steroid dienone is 4. The van der Waals surface area contributed by atoms with Crippen molar-refractivity contribution in [1.29, 1.82) is 0 Å². The van der Waals surface area contributed by atoms with Gasteiger partial charge in [-0.15, -0.1) is 0 Å². The van der Waals surface area contributed by atoms with Gasteiger partial charge >= 0.3 is 0 Å². The normalized spacial score (nSPS) is 15.8. The summed E-state index contributed by atoms with van der Waals surface area (Å²) in [5, 5.41) is 0. The van der Waals surface area contributed by atoms with E-state index in [1.807, 2.05) is 0 Å². The Morgan fingerprint density at radius 2 is 0.900 bits per heavy atom. The molecule has 0 aliphatic heterocycles. The third kappa shape index (κ3) is 3.08. The van der Waals surface area contributed by atoms with E-state index in [-0.39, 0.29) is 0 Å². The van der Waals surface area contributed by atoms with Crippen LogP contribution in [0.5, 0.6) is 0 Å². The molecule has 100 valence electrons. The zero-order chi connectivity index (χ0) is 13.6. The highest BCUT2D eigenvalue weighted by atomic mass is 14.1. The van der Waals surface area contributed by atoms with Crippen LogP contribution < -0.4 is 0 Å². The predicted octanol–water partition coefficient (Wildman–Crippen LogP) is 5.73. The highest BCUT2D eigenvalue weighted by Gasteiger charge is 2.06. The van der Waals surface area contributed by atoms with E-state index < -0.39 is 0 Å². The van der Waals surface area contributed by atoms with Crippen molar-refractivity contribution in [2.24, 2.45) is 0 Å². The maximum atomic E-state index is 2.42. The summed E-state index contributed by atoms with van der Waals surface area (Å²) in [6.07, 6.45) is 9.38. The average Bonchev–Trinajstić information content (AvgIpc) is 2.49. The second kappa shape index (κ2) is 6.38. The van der Waals surface area contributed by atoms with Crippen LogP contribution in [0.2, 0.25) is 0 Å². The molecule has 0 atom stereocenters. The van der Waals surface area contributed by atoms with Crippen molar-refractivity contribution in [1.82, 2.24) is 0 Å². The van der Waals surface area contributed by atoms with Crippen LogP contribution in [0, 0.1) is 0 Å². The van der Waals surface area contributed by atoms with Gasteiger partial charge in [0.15, 0.2) is 0 Å². The molecule has 0 nitrogen and oxygen atoms in total. The summed E-state index contributed by atoms with van der Waals surface area (Å²) in [6.45, 7) is 0. The lowest BCUT2D eigenvalue weighted by molar-refractivity contribution is 0.988. The highest BCUT2D eigenvalue weighted by Crippen LogP contribution is 2.28. The summed E-state index contributed by atoms with van der Waals surface area (Å²) in [6, 6.07) is 21.5. The average molecular weight is 260 g/mol. The SMILES string of the molecule is C1=C(c2ccccc2)CCC=C(c2ccccc2)CC1. The summed E-state index contributed by atoms with van der Waals surface area (Å²) in [5.41, 5.74) is 5.75. The Bertz CT molecular complexity index is 546. The smallest absolute Gasteiger partial charge is 0.0228 e. The fourth-order valence-corrected chi connectivity index (χ4v) is 2.84. The van der Waals surface area contributed by atoms with Crippen LogP contribution in [-0.2, 0) is 0 Å². The van der Waals surface area contributed by atoms with Gasteiger partial charge in [-0.2, -0.15) is 0 Å². The van der Waals surface area contributed by atoms with E-state index in [2.05, 4.69) is 72.8 Å². The van der Waals surface area contributed by atoms with Gasteiger partial charge in [-0.1, -0.05) is 72.8 Å². The fourth-order valence-electron chi connectivity index (χ4n) is 2.84. The summed E-state index contributed by atoms with van der Waals surface area (Å²) < 4.78 is 0. The molecule has 0 saturated carbocycles. The molecule has 0 saturated heterocycles. The molecule has 0 aromatic heterocycles. The van der Waals surface area contributed by atoms with E-state index in [0.717, 1.165) is 25.7 Å². The second-order valence-corrected chi connectivity index (χ2v) is 5.27. The lowest BCUT2D eigenvalue weighted by Crippen LogP contribution is -1.91. The summed E-state index contributed by atoms with van der Waals surface area (Å²) in [5.74, 6) is 0. The standard InChI is InChI=1S/C20H20/c1-3-9-17(10-4-1)19-13-7-15-20(16-8-14-19)18-11-5-2-6-12-18/h1-6,9-13,16H,7-8,14-15H2. The minimum absolute atomic E-state index is 1.13. The molecule has 0 radical (unpaired) electrons. The van der Waals surface area contributed by atoms with Gasteiger partial charge in [0.1, 0.15) is 0 Å². The van der Waals surface area contributed by atoms with E-state index in [1.165, 1.54) is 22.3 Å². The largest absolute Gasteiger partial charge is 0.0804 e. The molecule has 0 bridgehead atoms. The Kier molecular flexibility index (Phi) is 4.13. The Balaban J connectivity index is 1.74. The summed E-state index contributed by atoms with van der Waals surface area (Å²) in [7, 11) is 0. The quantitative estimate of drug-likeness (QED) is 0.647. The van der Waals surface area contributed by atoms with Gasteiger partial charge in [-0.05, 0) is 48.0 Å². The number of hydrogen-bond acceptors (Lipinski definition) is 0. The van der Waals surface area contributed by atoms with E-state index in [0.29, 0.717) is 0 Å². The molecular formula is C20H20. The van der Waals surface area contributed by atoms with Crippen LogP contribution in [-0.4, -0.2) is 0 Å². The second-order valence-electron chi connectivity index (χ2n) is 5.27. The molecule has 0 heteroatoms. The van der Waals surface area contributed by atoms with Gasteiger partial charge in [0.2, 0.25) is 0 Å². The van der Waals surface area contributed by atoms with Crippen molar-refractivity contribution in [3.63, 3.8) is 0 Å². The third-order valence-corrected chi connectivity index (χ3v) is 3.90. The van der Waals surface area contributed by atoms with Crippen molar-refractivity contribution in [2.45, 2.75) is 25.7 Å². The Hall–Kier alpha value is -2.08. The summed E-state index contributed by atoms with van der Waals surface area (Å²) >= 11 is 0. The number of hydrogen-bond donors (Lipinski definition) is 0. The van der Waals surface area contributed by atoms with Crippen molar-refractivity contribution in [3.05, 3.63) is 83.9 Å². The maximum Gasteiger partial charge on any atom is -0.0228 e. The number of benzene rings is 2. The molecule has 0 N–H and O–H groups in total. The van der Waals surface area contributed by atoms with E-state index in [1.54, 1.807) is 0 Å². The first kappa shape index (κ1) is 12.9. The molecule has 0 amide bonds. The molecule has 0 fully saturated rings. The van der Waals surface area contributed by atoms with Gasteiger partial charge in [0, 0.05) is 0 Å². The van der Waals surface area contributed by atoms with Crippen molar-refractivity contribution in [3.8, 4) is 0 Å². The molecule has 0 heterocycles. The van der Waals surface area contributed by atoms with Crippen LogP contribution in [0.1, 0.15) is 36.8 Å². The third-order valence-electron chi connectivity index (χ3n) is 3.90. The zero-order valence-corrected chi connectivity index (χ0v) is 11.8. The van der Waals surface area contributed by atoms with Gasteiger partial charge in [0.05, 0.1) is 0 Å². The predicted molar refractivity (Wildman–Crippen MR) is 87.3 cm³/mol. The van der Waals surface area contributed by atoms with Crippen molar-refractivity contribution in [2.75, 3.05) is 0 Å².